The minimum atomic E-state index is -3.98. The van der Waals surface area contributed by atoms with Gasteiger partial charge in [0.15, 0.2) is 0 Å². The van der Waals surface area contributed by atoms with Crippen LogP contribution in [0.3, 0.4) is 0 Å². The molecule has 0 N–H and O–H groups in total. The molecule has 4 rings (SSSR count). The number of rotatable bonds is 5. The SMILES string of the molecule is Cc1cc(S(=O)(=O)ON=C2CCCc3ccccc32)ccc1C1(CC(C)(C)C)CC1(C)C. The summed E-state index contributed by atoms with van der Waals surface area (Å²) in [7, 11) is -3.98. The zero-order chi connectivity index (χ0) is 23.4. The first-order valence-corrected chi connectivity index (χ1v) is 13.0. The maximum atomic E-state index is 12.9. The molecule has 172 valence electrons. The molecule has 0 bridgehead atoms. The zero-order valence-corrected chi connectivity index (χ0v) is 21.0. The number of oxime groups is 1. The lowest BCUT2D eigenvalue weighted by molar-refractivity contribution is 0.295. The molecule has 2 aliphatic carbocycles. The van der Waals surface area contributed by atoms with Crippen LogP contribution in [-0.4, -0.2) is 14.1 Å². The van der Waals surface area contributed by atoms with Crippen molar-refractivity contribution in [1.82, 2.24) is 0 Å². The molecule has 0 aliphatic heterocycles. The predicted octanol–water partition coefficient (Wildman–Crippen LogP) is 6.54. The molecule has 5 heteroatoms. The van der Waals surface area contributed by atoms with Crippen molar-refractivity contribution in [3.8, 4) is 0 Å². The van der Waals surface area contributed by atoms with Crippen molar-refractivity contribution < 1.29 is 12.7 Å². The van der Waals surface area contributed by atoms with Crippen molar-refractivity contribution in [2.45, 2.75) is 84.0 Å². The largest absolute Gasteiger partial charge is 0.358 e. The van der Waals surface area contributed by atoms with Crippen molar-refractivity contribution in [1.29, 1.82) is 0 Å². The lowest BCUT2D eigenvalue weighted by Crippen LogP contribution is -2.23. The Labute approximate surface area is 193 Å². The van der Waals surface area contributed by atoms with Gasteiger partial charge in [-0.1, -0.05) is 70.1 Å². The first-order valence-electron chi connectivity index (χ1n) is 11.5. The third kappa shape index (κ3) is 4.24. The quantitative estimate of drug-likeness (QED) is 0.483. The highest BCUT2D eigenvalue weighted by Gasteiger charge is 2.62. The molecular formula is C27H35NO3S. The van der Waals surface area contributed by atoms with E-state index in [-0.39, 0.29) is 21.1 Å². The van der Waals surface area contributed by atoms with Crippen LogP contribution in [-0.2, 0) is 26.2 Å². The highest BCUT2D eigenvalue weighted by molar-refractivity contribution is 7.86. The Kier molecular flexibility index (Phi) is 5.56. The van der Waals surface area contributed by atoms with E-state index in [4.69, 9.17) is 4.28 Å². The molecule has 2 aliphatic rings. The second kappa shape index (κ2) is 7.72. The number of hydrogen-bond donors (Lipinski definition) is 0. The van der Waals surface area contributed by atoms with Gasteiger partial charge < -0.3 is 0 Å². The second-order valence-electron chi connectivity index (χ2n) is 11.4. The van der Waals surface area contributed by atoms with Gasteiger partial charge in [-0.05, 0) is 78.7 Å². The molecule has 2 aromatic rings. The monoisotopic (exact) mass is 453 g/mol. The molecule has 0 aromatic heterocycles. The Hall–Kier alpha value is -2.14. The van der Waals surface area contributed by atoms with E-state index in [1.165, 1.54) is 11.1 Å². The minimum absolute atomic E-state index is 0.0878. The molecule has 1 unspecified atom stereocenters. The summed E-state index contributed by atoms with van der Waals surface area (Å²) in [5, 5.41) is 4.09. The molecule has 1 fully saturated rings. The molecule has 4 nitrogen and oxygen atoms in total. The first-order chi connectivity index (χ1) is 14.8. The normalized spacial score (nSPS) is 23.6. The van der Waals surface area contributed by atoms with Crippen LogP contribution in [0.5, 0.6) is 0 Å². The number of nitrogens with zero attached hydrogens (tertiary/aromatic N) is 1. The van der Waals surface area contributed by atoms with Gasteiger partial charge in [-0.15, -0.1) is 0 Å². The van der Waals surface area contributed by atoms with Crippen molar-refractivity contribution in [2.24, 2.45) is 16.0 Å². The molecule has 1 saturated carbocycles. The molecular weight excluding hydrogens is 418 g/mol. The first kappa shape index (κ1) is 23.0. The fourth-order valence-electron chi connectivity index (χ4n) is 5.63. The molecule has 0 spiro atoms. The van der Waals surface area contributed by atoms with Gasteiger partial charge in [-0.25, -0.2) is 0 Å². The third-order valence-corrected chi connectivity index (χ3v) is 8.28. The molecule has 32 heavy (non-hydrogen) atoms. The summed E-state index contributed by atoms with van der Waals surface area (Å²) >= 11 is 0. The lowest BCUT2D eigenvalue weighted by atomic mass is 9.74. The molecule has 0 heterocycles. The van der Waals surface area contributed by atoms with Crippen molar-refractivity contribution >= 4 is 15.8 Å². The fourth-order valence-corrected chi connectivity index (χ4v) is 6.46. The second-order valence-corrected chi connectivity index (χ2v) is 13.0. The third-order valence-electron chi connectivity index (χ3n) is 7.18. The summed E-state index contributed by atoms with van der Waals surface area (Å²) in [4.78, 5) is 0.163. The summed E-state index contributed by atoms with van der Waals surface area (Å²) in [6.07, 6.45) is 4.83. The summed E-state index contributed by atoms with van der Waals surface area (Å²) in [6.45, 7) is 13.4. The zero-order valence-electron chi connectivity index (χ0n) is 20.2. The van der Waals surface area contributed by atoms with E-state index in [0.717, 1.165) is 43.2 Å². The summed E-state index contributed by atoms with van der Waals surface area (Å²) in [5.41, 5.74) is 5.62. The number of hydrogen-bond acceptors (Lipinski definition) is 4. The standard InChI is InChI=1S/C27H35NO3S/c1-19-16-21(14-15-23(19)27(17-25(2,3)4)18-26(27,5)6)32(29,30)31-28-24-13-9-11-20-10-7-8-12-22(20)24/h7-8,10,12,14-16H,9,11,13,17-18H2,1-6H3. The summed E-state index contributed by atoms with van der Waals surface area (Å²) < 4.78 is 31.1. The maximum absolute atomic E-state index is 12.9. The average Bonchev–Trinajstić information content (AvgIpc) is 3.24. The number of fused-ring (bicyclic) bond motifs is 1. The van der Waals surface area contributed by atoms with E-state index in [1.54, 1.807) is 12.1 Å². The maximum Gasteiger partial charge on any atom is 0.358 e. The van der Waals surface area contributed by atoms with E-state index in [1.807, 2.05) is 31.2 Å². The van der Waals surface area contributed by atoms with E-state index in [9.17, 15) is 8.42 Å². The van der Waals surface area contributed by atoms with Gasteiger partial charge >= 0.3 is 10.1 Å². The van der Waals surface area contributed by atoms with Crippen LogP contribution in [0, 0.1) is 17.8 Å². The van der Waals surface area contributed by atoms with Gasteiger partial charge in [0.25, 0.3) is 0 Å². The van der Waals surface area contributed by atoms with E-state index >= 15 is 0 Å². The van der Waals surface area contributed by atoms with Gasteiger partial charge in [-0.2, -0.15) is 8.42 Å². The van der Waals surface area contributed by atoms with Crippen molar-refractivity contribution in [2.75, 3.05) is 0 Å². The molecule has 1 atom stereocenters. The van der Waals surface area contributed by atoms with Crippen LogP contribution in [0.25, 0.3) is 0 Å². The summed E-state index contributed by atoms with van der Waals surface area (Å²) in [6, 6.07) is 13.4. The highest BCUT2D eigenvalue weighted by atomic mass is 32.2. The summed E-state index contributed by atoms with van der Waals surface area (Å²) in [5.74, 6) is 0. The van der Waals surface area contributed by atoms with Gasteiger partial charge in [-0.3, -0.25) is 4.28 Å². The van der Waals surface area contributed by atoms with Crippen LogP contribution >= 0.6 is 0 Å². The van der Waals surface area contributed by atoms with Gasteiger partial charge in [0.2, 0.25) is 0 Å². The highest BCUT2D eigenvalue weighted by Crippen LogP contribution is 2.68. The van der Waals surface area contributed by atoms with Gasteiger partial charge in [0.1, 0.15) is 4.90 Å². The topological polar surface area (TPSA) is 55.7 Å². The van der Waals surface area contributed by atoms with E-state index < -0.39 is 10.1 Å². The van der Waals surface area contributed by atoms with Gasteiger partial charge in [0, 0.05) is 11.0 Å². The molecule has 0 saturated heterocycles. The number of aryl methyl sites for hydroxylation is 2. The molecule has 2 aromatic carbocycles. The Morgan fingerprint density at radius 1 is 1.06 bits per heavy atom. The Morgan fingerprint density at radius 3 is 2.38 bits per heavy atom. The Balaban J connectivity index is 1.61. The van der Waals surface area contributed by atoms with Crippen LogP contribution < -0.4 is 0 Å². The predicted molar refractivity (Wildman–Crippen MR) is 130 cm³/mol. The van der Waals surface area contributed by atoms with Crippen LogP contribution in [0.15, 0.2) is 52.5 Å². The lowest BCUT2D eigenvalue weighted by Gasteiger charge is -2.31. The minimum Gasteiger partial charge on any atom is -0.264 e. The Morgan fingerprint density at radius 2 is 1.75 bits per heavy atom. The van der Waals surface area contributed by atoms with Gasteiger partial charge in [0.05, 0.1) is 5.71 Å². The smallest absolute Gasteiger partial charge is 0.264 e. The van der Waals surface area contributed by atoms with Crippen LogP contribution in [0.1, 0.15) is 82.6 Å². The van der Waals surface area contributed by atoms with E-state index in [2.05, 4.69) is 45.8 Å². The molecule has 0 radical (unpaired) electrons. The molecule has 0 amide bonds. The van der Waals surface area contributed by atoms with Crippen molar-refractivity contribution in [3.63, 3.8) is 0 Å². The fraction of sp³-hybridized carbons (Fsp3) is 0.519. The van der Waals surface area contributed by atoms with Crippen LogP contribution in [0.2, 0.25) is 0 Å². The average molecular weight is 454 g/mol. The Bertz CT molecular complexity index is 1170. The van der Waals surface area contributed by atoms with Crippen molar-refractivity contribution in [3.05, 3.63) is 64.7 Å². The van der Waals surface area contributed by atoms with Crippen LogP contribution in [0.4, 0.5) is 0 Å². The number of benzene rings is 2. The van der Waals surface area contributed by atoms with E-state index in [0.29, 0.717) is 5.71 Å².